The lowest BCUT2D eigenvalue weighted by atomic mass is 9.46. The lowest BCUT2D eigenvalue weighted by molar-refractivity contribution is -0.0521. The van der Waals surface area contributed by atoms with E-state index in [-0.39, 0.29) is 0 Å². The molecule has 4 rings (SSSR count). The molecule has 0 radical (unpaired) electrons. The Hall–Kier alpha value is -0.520. The van der Waals surface area contributed by atoms with Gasteiger partial charge in [-0.05, 0) is 123 Å². The average Bonchev–Trinajstić information content (AvgIpc) is 3.06. The predicted molar refractivity (Wildman–Crippen MR) is 131 cm³/mol. The summed E-state index contributed by atoms with van der Waals surface area (Å²) in [4.78, 5) is 0. The van der Waals surface area contributed by atoms with Gasteiger partial charge in [-0.3, -0.25) is 0 Å². The smallest absolute Gasteiger partial charge is 0.00851 e. The van der Waals surface area contributed by atoms with Crippen LogP contribution in [0.3, 0.4) is 0 Å². The molecule has 3 fully saturated rings. The van der Waals surface area contributed by atoms with Crippen LogP contribution < -0.4 is 0 Å². The first kappa shape index (κ1) is 22.7. The Morgan fingerprint density at radius 3 is 2.53 bits per heavy atom. The molecule has 0 aliphatic heterocycles. The molecule has 0 aromatic rings. The molecule has 0 nitrogen and oxygen atoms in total. The van der Waals surface area contributed by atoms with E-state index in [4.69, 9.17) is 0 Å². The number of hydrogen-bond donors (Lipinski definition) is 0. The molecule has 0 aromatic heterocycles. The van der Waals surface area contributed by atoms with Crippen LogP contribution in [0, 0.1) is 52.3 Å². The van der Waals surface area contributed by atoms with Crippen LogP contribution in [0.15, 0.2) is 23.3 Å². The molecule has 0 spiro atoms. The van der Waals surface area contributed by atoms with E-state index in [9.17, 15) is 0 Å². The van der Waals surface area contributed by atoms with Crippen molar-refractivity contribution in [1.82, 2.24) is 0 Å². The third-order valence-corrected chi connectivity index (χ3v) is 11.1. The van der Waals surface area contributed by atoms with Crippen LogP contribution in [-0.4, -0.2) is 0 Å². The Morgan fingerprint density at radius 2 is 1.83 bits per heavy atom. The second kappa shape index (κ2) is 8.44. The minimum absolute atomic E-state index is 0.540. The first-order valence-corrected chi connectivity index (χ1v) is 13.5. The van der Waals surface area contributed by atoms with Crippen molar-refractivity contribution in [3.63, 3.8) is 0 Å². The van der Waals surface area contributed by atoms with Crippen molar-refractivity contribution < 1.29 is 0 Å². The van der Waals surface area contributed by atoms with Gasteiger partial charge in [0.25, 0.3) is 0 Å². The summed E-state index contributed by atoms with van der Waals surface area (Å²) in [6.07, 6.45) is 19.6. The molecule has 0 bridgehead atoms. The summed E-state index contributed by atoms with van der Waals surface area (Å²) < 4.78 is 0. The van der Waals surface area contributed by atoms with Gasteiger partial charge in [0.2, 0.25) is 0 Å². The van der Waals surface area contributed by atoms with Crippen LogP contribution in [0.25, 0.3) is 0 Å². The molecular formula is C30H50. The van der Waals surface area contributed by atoms with Crippen molar-refractivity contribution in [2.24, 2.45) is 52.3 Å². The van der Waals surface area contributed by atoms with Gasteiger partial charge in [-0.25, -0.2) is 0 Å². The summed E-state index contributed by atoms with van der Waals surface area (Å²) in [5.41, 5.74) is 4.69. The summed E-state index contributed by atoms with van der Waals surface area (Å²) in [6.45, 7) is 17.4. The molecule has 4 aliphatic carbocycles. The van der Waals surface area contributed by atoms with Crippen molar-refractivity contribution in [2.45, 2.75) is 113 Å². The van der Waals surface area contributed by atoms with Crippen molar-refractivity contribution in [1.29, 1.82) is 0 Å². The zero-order valence-electron chi connectivity index (χ0n) is 21.3. The van der Waals surface area contributed by atoms with Crippen LogP contribution in [-0.2, 0) is 0 Å². The maximum Gasteiger partial charge on any atom is -0.00851 e. The second-order valence-electron chi connectivity index (χ2n) is 12.9. The minimum Gasteiger partial charge on any atom is -0.0882 e. The van der Waals surface area contributed by atoms with Gasteiger partial charge in [0.15, 0.2) is 0 Å². The highest BCUT2D eigenvalue weighted by Gasteiger charge is 2.58. The highest BCUT2D eigenvalue weighted by molar-refractivity contribution is 5.25. The summed E-state index contributed by atoms with van der Waals surface area (Å²) in [5.74, 6) is 6.41. The molecule has 8 unspecified atom stereocenters. The van der Waals surface area contributed by atoms with Gasteiger partial charge in [-0.2, -0.15) is 0 Å². The molecule has 170 valence electrons. The number of hydrogen-bond acceptors (Lipinski definition) is 0. The van der Waals surface area contributed by atoms with E-state index in [1.54, 1.807) is 5.57 Å². The number of rotatable bonds is 5. The monoisotopic (exact) mass is 410 g/mol. The largest absolute Gasteiger partial charge is 0.0882 e. The Labute approximate surface area is 188 Å². The molecule has 0 saturated heterocycles. The van der Waals surface area contributed by atoms with Crippen LogP contribution in [0.2, 0.25) is 0 Å². The van der Waals surface area contributed by atoms with E-state index < -0.39 is 0 Å². The third-order valence-electron chi connectivity index (χ3n) is 11.1. The fraction of sp³-hybridized carbons (Fsp3) is 0.867. The Balaban J connectivity index is 1.49. The third kappa shape index (κ3) is 3.67. The Morgan fingerprint density at radius 1 is 1.07 bits per heavy atom. The lowest BCUT2D eigenvalue weighted by Crippen LogP contribution is -2.50. The summed E-state index contributed by atoms with van der Waals surface area (Å²) >= 11 is 0. The van der Waals surface area contributed by atoms with Crippen LogP contribution in [0.5, 0.6) is 0 Å². The van der Waals surface area contributed by atoms with Crippen LogP contribution in [0.1, 0.15) is 113 Å². The van der Waals surface area contributed by atoms with Gasteiger partial charge in [-0.1, -0.05) is 64.8 Å². The lowest BCUT2D eigenvalue weighted by Gasteiger charge is -2.58. The normalized spacial score (nSPS) is 44.9. The van der Waals surface area contributed by atoms with E-state index in [0.717, 1.165) is 35.5 Å². The molecule has 0 aromatic carbocycles. The molecule has 0 heteroatoms. The minimum atomic E-state index is 0.540. The molecule has 30 heavy (non-hydrogen) atoms. The zero-order chi connectivity index (χ0) is 21.7. The number of fused-ring (bicyclic) bond motifs is 5. The van der Waals surface area contributed by atoms with E-state index in [1.165, 1.54) is 64.2 Å². The van der Waals surface area contributed by atoms with E-state index in [1.807, 2.05) is 5.57 Å². The average molecular weight is 411 g/mol. The molecule has 4 aliphatic rings. The van der Waals surface area contributed by atoms with Crippen molar-refractivity contribution in [2.75, 3.05) is 0 Å². The highest BCUT2D eigenvalue weighted by atomic mass is 14.6. The first-order valence-electron chi connectivity index (χ1n) is 13.5. The highest BCUT2D eigenvalue weighted by Crippen LogP contribution is 2.67. The van der Waals surface area contributed by atoms with Gasteiger partial charge >= 0.3 is 0 Å². The topological polar surface area (TPSA) is 0 Å². The van der Waals surface area contributed by atoms with Crippen molar-refractivity contribution >= 4 is 0 Å². The first-order chi connectivity index (χ1) is 14.2. The zero-order valence-corrected chi connectivity index (χ0v) is 21.3. The van der Waals surface area contributed by atoms with Gasteiger partial charge < -0.3 is 0 Å². The van der Waals surface area contributed by atoms with Crippen LogP contribution >= 0.6 is 0 Å². The van der Waals surface area contributed by atoms with E-state index in [0.29, 0.717) is 16.7 Å². The Kier molecular flexibility index (Phi) is 6.38. The fourth-order valence-electron chi connectivity index (χ4n) is 9.18. The van der Waals surface area contributed by atoms with Gasteiger partial charge in [0.05, 0.1) is 0 Å². The standard InChI is InChI=1S/C30H50/c1-8-23(20(2)3)10-9-22(5)26-13-14-27-25-12-11-24-19-21(4)15-17-29(24,6)28(25)16-18-30(26,27)7/h8,11,20-22,25-28H,9-10,12-19H2,1-7H3/b23-8+. The van der Waals surface area contributed by atoms with Gasteiger partial charge in [0, 0.05) is 0 Å². The summed E-state index contributed by atoms with van der Waals surface area (Å²) in [7, 11) is 0. The quantitative estimate of drug-likeness (QED) is 0.396. The second-order valence-corrected chi connectivity index (χ2v) is 12.9. The summed E-state index contributed by atoms with van der Waals surface area (Å²) in [6, 6.07) is 0. The molecule has 8 atom stereocenters. The van der Waals surface area contributed by atoms with E-state index in [2.05, 4.69) is 60.6 Å². The summed E-state index contributed by atoms with van der Waals surface area (Å²) in [5, 5.41) is 0. The van der Waals surface area contributed by atoms with Crippen LogP contribution in [0.4, 0.5) is 0 Å². The Bertz CT molecular complexity index is 680. The molecule has 0 N–H and O–H groups in total. The van der Waals surface area contributed by atoms with Crippen molar-refractivity contribution in [3.8, 4) is 0 Å². The maximum atomic E-state index is 2.75. The predicted octanol–water partition coefficient (Wildman–Crippen LogP) is 9.22. The molecular weight excluding hydrogens is 360 g/mol. The van der Waals surface area contributed by atoms with Gasteiger partial charge in [0.1, 0.15) is 0 Å². The van der Waals surface area contributed by atoms with E-state index >= 15 is 0 Å². The van der Waals surface area contributed by atoms with Crippen molar-refractivity contribution in [3.05, 3.63) is 23.3 Å². The molecule has 0 amide bonds. The number of allylic oxidation sites excluding steroid dienone is 4. The molecule has 3 saturated carbocycles. The molecule has 0 heterocycles. The SMILES string of the molecule is C/C=C(\CCC(C)C1CCC2C3CC=C4CC(C)CCC4(C)C3CCC12C)C(C)C. The fourth-order valence-corrected chi connectivity index (χ4v) is 9.18. The maximum absolute atomic E-state index is 2.75. The van der Waals surface area contributed by atoms with Gasteiger partial charge in [-0.15, -0.1) is 0 Å².